The minimum atomic E-state index is -4.64. The molecule has 4 nitrogen and oxygen atoms in total. The van der Waals surface area contributed by atoms with E-state index in [0.29, 0.717) is 0 Å². The number of hydrogen-bond acceptors (Lipinski definition) is 3. The molecule has 204 valence electrons. The maximum atomic E-state index is 13.5. The summed E-state index contributed by atoms with van der Waals surface area (Å²) in [5.41, 5.74) is 5.73. The minimum absolute atomic E-state index is 0.111. The first kappa shape index (κ1) is 28.2. The summed E-state index contributed by atoms with van der Waals surface area (Å²) < 4.78 is 46.7. The molecule has 1 aliphatic heterocycles. The van der Waals surface area contributed by atoms with Crippen molar-refractivity contribution in [1.29, 1.82) is 0 Å². The van der Waals surface area contributed by atoms with Crippen LogP contribution >= 0.6 is 0 Å². The third-order valence-electron chi connectivity index (χ3n) is 7.24. The van der Waals surface area contributed by atoms with Crippen LogP contribution in [0.3, 0.4) is 0 Å². The number of likely N-dealkylation sites (tertiary alicyclic amines) is 1. The normalized spacial score (nSPS) is 15.3. The lowest BCUT2D eigenvalue weighted by Crippen LogP contribution is -2.44. The summed E-state index contributed by atoms with van der Waals surface area (Å²) in [6, 6.07) is 30.4. The van der Waals surface area contributed by atoms with Gasteiger partial charge in [0, 0.05) is 19.0 Å². The number of carbonyl (C=O) groups excluding carboxylic acids is 1. The number of aldehydes is 1. The molecule has 0 spiro atoms. The molecule has 1 fully saturated rings. The van der Waals surface area contributed by atoms with E-state index < -0.39 is 12.5 Å². The van der Waals surface area contributed by atoms with E-state index in [2.05, 4.69) is 71.6 Å². The highest BCUT2D eigenvalue weighted by Crippen LogP contribution is 2.42. The zero-order valence-electron chi connectivity index (χ0n) is 21.7. The fraction of sp³-hybridized carbons (Fsp3) is 0.290. The van der Waals surface area contributed by atoms with E-state index in [1.54, 1.807) is 0 Å². The van der Waals surface area contributed by atoms with Gasteiger partial charge in [-0.1, -0.05) is 60.7 Å². The fourth-order valence-electron chi connectivity index (χ4n) is 5.13. The number of aromatic nitrogens is 2. The molecule has 0 saturated carbocycles. The molecule has 0 atom stereocenters. The van der Waals surface area contributed by atoms with Crippen molar-refractivity contribution < 1.29 is 22.4 Å². The van der Waals surface area contributed by atoms with E-state index in [1.165, 1.54) is 23.3 Å². The molecule has 2 heterocycles. The number of benzene rings is 3. The van der Waals surface area contributed by atoms with Gasteiger partial charge in [0.15, 0.2) is 0 Å². The fourth-order valence-corrected chi connectivity index (χ4v) is 5.13. The van der Waals surface area contributed by atoms with Crippen molar-refractivity contribution in [1.82, 2.24) is 14.7 Å². The van der Waals surface area contributed by atoms with Crippen molar-refractivity contribution in [2.75, 3.05) is 19.6 Å². The summed E-state index contributed by atoms with van der Waals surface area (Å²) in [6.45, 7) is 3.17. The van der Waals surface area contributed by atoms with Gasteiger partial charge < -0.3 is 4.90 Å². The molecule has 5 rings (SSSR count). The van der Waals surface area contributed by atoms with Crippen molar-refractivity contribution >= 4 is 6.29 Å². The van der Waals surface area contributed by atoms with Crippen LogP contribution in [0.15, 0.2) is 91.0 Å². The molecule has 1 aromatic heterocycles. The average molecular weight is 538 g/mol. The summed E-state index contributed by atoms with van der Waals surface area (Å²) in [5.74, 6) is -0.218. The van der Waals surface area contributed by atoms with Gasteiger partial charge in [0.25, 0.3) is 0 Å². The van der Waals surface area contributed by atoms with Crippen LogP contribution in [0.25, 0.3) is 11.3 Å². The summed E-state index contributed by atoms with van der Waals surface area (Å²) in [5, 5.41) is 5.00. The second kappa shape index (κ2) is 12.4. The Kier molecular flexibility index (Phi) is 8.97. The van der Waals surface area contributed by atoms with Gasteiger partial charge in [-0.3, -0.25) is 9.48 Å². The number of aryl methyl sites for hydroxylation is 1. The van der Waals surface area contributed by atoms with E-state index in [0.717, 1.165) is 55.8 Å². The van der Waals surface area contributed by atoms with Crippen LogP contribution in [0.5, 0.6) is 0 Å². The van der Waals surface area contributed by atoms with E-state index in [9.17, 15) is 17.6 Å². The van der Waals surface area contributed by atoms with Gasteiger partial charge in [-0.15, -0.1) is 0 Å². The Bertz CT molecular complexity index is 1330. The van der Waals surface area contributed by atoms with E-state index in [1.807, 2.05) is 23.9 Å². The maximum Gasteiger partial charge on any atom is 0.446 e. The number of piperidine rings is 1. The number of halogens is 4. The molecule has 0 radical (unpaired) electrons. The Morgan fingerprint density at radius 2 is 1.46 bits per heavy atom. The van der Waals surface area contributed by atoms with Crippen molar-refractivity contribution in [2.24, 2.45) is 7.05 Å². The van der Waals surface area contributed by atoms with Gasteiger partial charge in [-0.25, -0.2) is 4.39 Å². The molecule has 3 aromatic carbocycles. The van der Waals surface area contributed by atoms with Gasteiger partial charge in [0.1, 0.15) is 5.82 Å². The monoisotopic (exact) mass is 537 g/mol. The van der Waals surface area contributed by atoms with Crippen LogP contribution in [-0.4, -0.2) is 46.8 Å². The first-order valence-electron chi connectivity index (χ1n) is 12.9. The van der Waals surface area contributed by atoms with Gasteiger partial charge in [0.2, 0.25) is 6.29 Å². The highest BCUT2D eigenvalue weighted by atomic mass is 19.4. The van der Waals surface area contributed by atoms with Crippen molar-refractivity contribution in [3.8, 4) is 11.3 Å². The number of hydrogen-bond donors (Lipinski definition) is 0. The molecule has 4 aromatic rings. The molecule has 0 amide bonds. The van der Waals surface area contributed by atoms with E-state index in [-0.39, 0.29) is 11.2 Å². The Morgan fingerprint density at radius 1 is 0.897 bits per heavy atom. The predicted molar refractivity (Wildman–Crippen MR) is 144 cm³/mol. The third kappa shape index (κ3) is 7.20. The molecule has 1 aliphatic rings. The number of alkyl halides is 3. The third-order valence-corrected chi connectivity index (χ3v) is 7.24. The molecule has 1 saturated heterocycles. The lowest BCUT2D eigenvalue weighted by atomic mass is 9.70. The highest BCUT2D eigenvalue weighted by Gasteiger charge is 2.40. The second-order valence-electron chi connectivity index (χ2n) is 9.73. The van der Waals surface area contributed by atoms with Gasteiger partial charge in [-0.2, -0.15) is 18.3 Å². The summed E-state index contributed by atoms with van der Waals surface area (Å²) >= 11 is 0. The van der Waals surface area contributed by atoms with Crippen molar-refractivity contribution in [2.45, 2.75) is 30.9 Å². The first-order chi connectivity index (χ1) is 18.7. The van der Waals surface area contributed by atoms with Crippen LogP contribution in [0.4, 0.5) is 17.6 Å². The quantitative estimate of drug-likeness (QED) is 0.206. The maximum absolute atomic E-state index is 13.5. The van der Waals surface area contributed by atoms with Crippen LogP contribution in [0.1, 0.15) is 29.7 Å². The molecule has 0 unspecified atom stereocenters. The summed E-state index contributed by atoms with van der Waals surface area (Å²) in [4.78, 5) is 11.3. The number of carbonyl (C=O) groups is 1. The smallest absolute Gasteiger partial charge is 0.303 e. The molecule has 8 heteroatoms. The van der Waals surface area contributed by atoms with Crippen LogP contribution in [-0.2, 0) is 23.7 Å². The second-order valence-corrected chi connectivity index (χ2v) is 9.73. The molecular weight excluding hydrogens is 506 g/mol. The van der Waals surface area contributed by atoms with Crippen molar-refractivity contribution in [3.05, 3.63) is 114 Å². The zero-order chi connectivity index (χ0) is 27.9. The summed E-state index contributed by atoms with van der Waals surface area (Å²) in [7, 11) is 1.98. The largest absolute Gasteiger partial charge is 0.446 e. The highest BCUT2D eigenvalue weighted by molar-refractivity contribution is 5.61. The number of nitrogens with zero attached hydrogens (tertiary/aromatic N) is 3. The predicted octanol–water partition coefficient (Wildman–Crippen LogP) is 6.60. The van der Waals surface area contributed by atoms with Gasteiger partial charge in [-0.05, 0) is 79.4 Å². The Labute approximate surface area is 225 Å². The van der Waals surface area contributed by atoms with Crippen LogP contribution in [0.2, 0.25) is 0 Å². The standard InChI is InChI=1S/C29H30FN3.C2HF3O/c1-32-27(24-12-14-26(30)15-13-24)22-28(31-32)29(25-10-6-3-7-11-25)17-20-33(21-18-29)19-16-23-8-4-2-5-9-23;3-2(4,5)1-6/h2-15,22H,16-21H2,1H3;1H. The summed E-state index contributed by atoms with van der Waals surface area (Å²) in [6.07, 6.45) is -2.55. The van der Waals surface area contributed by atoms with E-state index in [4.69, 9.17) is 9.89 Å². The molecule has 0 bridgehead atoms. The lowest BCUT2D eigenvalue weighted by molar-refractivity contribution is -0.156. The zero-order valence-corrected chi connectivity index (χ0v) is 21.7. The van der Waals surface area contributed by atoms with Gasteiger partial charge >= 0.3 is 6.18 Å². The first-order valence-corrected chi connectivity index (χ1v) is 12.9. The van der Waals surface area contributed by atoms with Crippen LogP contribution in [0, 0.1) is 5.82 Å². The Morgan fingerprint density at radius 3 is 2.03 bits per heavy atom. The van der Waals surface area contributed by atoms with Crippen molar-refractivity contribution in [3.63, 3.8) is 0 Å². The van der Waals surface area contributed by atoms with Crippen LogP contribution < -0.4 is 0 Å². The molecule has 0 N–H and O–H groups in total. The van der Waals surface area contributed by atoms with Gasteiger partial charge in [0.05, 0.1) is 11.4 Å². The SMILES string of the molecule is Cn1nc(C2(c3ccccc3)CCN(CCc3ccccc3)CC2)cc1-c1ccc(F)cc1.O=CC(F)(F)F. The number of rotatable bonds is 6. The Hall–Kier alpha value is -3.78. The molecule has 0 aliphatic carbocycles. The van der Waals surface area contributed by atoms with E-state index >= 15 is 0 Å². The molecule has 39 heavy (non-hydrogen) atoms. The minimum Gasteiger partial charge on any atom is -0.303 e. The molecular formula is C31H31F4N3O. The Balaban J connectivity index is 0.000000531. The average Bonchev–Trinajstić information content (AvgIpc) is 3.35. The topological polar surface area (TPSA) is 38.1 Å². The lowest BCUT2D eigenvalue weighted by Gasteiger charge is -2.41.